The van der Waals surface area contributed by atoms with Crippen molar-refractivity contribution in [2.24, 2.45) is 11.7 Å². The van der Waals surface area contributed by atoms with Crippen molar-refractivity contribution in [2.45, 2.75) is 88.3 Å². The summed E-state index contributed by atoms with van der Waals surface area (Å²) in [6.07, 6.45) is 13.3. The van der Waals surface area contributed by atoms with E-state index in [1.165, 1.54) is 44.9 Å². The highest BCUT2D eigenvalue weighted by molar-refractivity contribution is 5.85. The lowest BCUT2D eigenvalue weighted by atomic mass is 9.83. The number of primary amides is 1. The number of hydrogen-bond acceptors (Lipinski definition) is 3. The van der Waals surface area contributed by atoms with Crippen LogP contribution in [-0.4, -0.2) is 30.2 Å². The Morgan fingerprint density at radius 1 is 1.10 bits per heavy atom. The summed E-state index contributed by atoms with van der Waals surface area (Å²) >= 11 is 0. The van der Waals surface area contributed by atoms with Gasteiger partial charge >= 0.3 is 0 Å². The van der Waals surface area contributed by atoms with Crippen molar-refractivity contribution < 1.29 is 9.53 Å². The van der Waals surface area contributed by atoms with Crippen LogP contribution in [0.5, 0.6) is 0 Å². The van der Waals surface area contributed by atoms with Gasteiger partial charge in [0.15, 0.2) is 0 Å². The molecule has 2 unspecified atom stereocenters. The Morgan fingerprint density at radius 2 is 1.86 bits per heavy atom. The SMILES string of the molecule is NC(=O)C1(NC2CC2)CCCC1CCOC1CCCCC1. The van der Waals surface area contributed by atoms with Gasteiger partial charge in [0.25, 0.3) is 0 Å². The van der Waals surface area contributed by atoms with Crippen LogP contribution in [0.25, 0.3) is 0 Å². The van der Waals surface area contributed by atoms with Gasteiger partial charge in [0.2, 0.25) is 5.91 Å². The predicted octanol–water partition coefficient (Wildman–Crippen LogP) is 2.50. The van der Waals surface area contributed by atoms with Crippen molar-refractivity contribution in [2.75, 3.05) is 6.61 Å². The molecule has 3 N–H and O–H groups in total. The molecular weight excluding hydrogens is 264 g/mol. The van der Waals surface area contributed by atoms with Crippen LogP contribution in [0.15, 0.2) is 0 Å². The fraction of sp³-hybridized carbons (Fsp3) is 0.941. The van der Waals surface area contributed by atoms with Crippen LogP contribution < -0.4 is 11.1 Å². The molecule has 4 heteroatoms. The average Bonchev–Trinajstić information content (AvgIpc) is 3.20. The van der Waals surface area contributed by atoms with Crippen LogP contribution in [0, 0.1) is 5.92 Å². The lowest BCUT2D eigenvalue weighted by Gasteiger charge is -2.34. The van der Waals surface area contributed by atoms with Gasteiger partial charge in [-0.05, 0) is 50.9 Å². The Kier molecular flexibility index (Phi) is 4.85. The molecule has 3 fully saturated rings. The minimum Gasteiger partial charge on any atom is -0.378 e. The topological polar surface area (TPSA) is 64.4 Å². The largest absolute Gasteiger partial charge is 0.378 e. The molecule has 3 saturated carbocycles. The maximum absolute atomic E-state index is 12.1. The quantitative estimate of drug-likeness (QED) is 0.758. The van der Waals surface area contributed by atoms with E-state index >= 15 is 0 Å². The summed E-state index contributed by atoms with van der Waals surface area (Å²) < 4.78 is 6.06. The van der Waals surface area contributed by atoms with Crippen molar-refractivity contribution in [3.63, 3.8) is 0 Å². The Bertz CT molecular complexity index is 364. The molecule has 2 atom stereocenters. The molecule has 3 aliphatic carbocycles. The highest BCUT2D eigenvalue weighted by Gasteiger charge is 2.49. The van der Waals surface area contributed by atoms with Crippen LogP contribution in [0.1, 0.15) is 70.6 Å². The van der Waals surface area contributed by atoms with Gasteiger partial charge in [-0.1, -0.05) is 25.7 Å². The summed E-state index contributed by atoms with van der Waals surface area (Å²) in [6.45, 7) is 0.788. The van der Waals surface area contributed by atoms with E-state index in [4.69, 9.17) is 10.5 Å². The number of amides is 1. The van der Waals surface area contributed by atoms with Gasteiger partial charge in [0, 0.05) is 12.6 Å². The molecule has 0 aliphatic heterocycles. The van der Waals surface area contributed by atoms with Crippen LogP contribution >= 0.6 is 0 Å². The second-order valence-electron chi connectivity index (χ2n) is 7.26. The molecule has 0 aromatic rings. The van der Waals surface area contributed by atoms with Gasteiger partial charge in [-0.2, -0.15) is 0 Å². The van der Waals surface area contributed by atoms with Crippen LogP contribution in [-0.2, 0) is 9.53 Å². The summed E-state index contributed by atoms with van der Waals surface area (Å²) in [5, 5.41) is 3.57. The van der Waals surface area contributed by atoms with Crippen molar-refractivity contribution in [3.05, 3.63) is 0 Å². The van der Waals surface area contributed by atoms with Gasteiger partial charge in [0.1, 0.15) is 5.54 Å². The fourth-order valence-electron chi connectivity index (χ4n) is 4.25. The minimum absolute atomic E-state index is 0.144. The van der Waals surface area contributed by atoms with Gasteiger partial charge < -0.3 is 15.8 Å². The zero-order valence-corrected chi connectivity index (χ0v) is 13.1. The van der Waals surface area contributed by atoms with E-state index in [0.717, 1.165) is 32.3 Å². The summed E-state index contributed by atoms with van der Waals surface area (Å²) in [5.41, 5.74) is 5.32. The van der Waals surface area contributed by atoms with E-state index in [1.54, 1.807) is 0 Å². The van der Waals surface area contributed by atoms with Crippen LogP contribution in [0.3, 0.4) is 0 Å². The van der Waals surface area contributed by atoms with Gasteiger partial charge in [-0.3, -0.25) is 4.79 Å². The highest BCUT2D eigenvalue weighted by Crippen LogP contribution is 2.40. The fourth-order valence-corrected chi connectivity index (χ4v) is 4.25. The Morgan fingerprint density at radius 3 is 2.52 bits per heavy atom. The first-order chi connectivity index (χ1) is 10.2. The summed E-state index contributed by atoms with van der Waals surface area (Å²) in [6, 6.07) is 0.525. The van der Waals surface area contributed by atoms with Gasteiger partial charge in [-0.25, -0.2) is 0 Å². The first-order valence-corrected chi connectivity index (χ1v) is 8.90. The van der Waals surface area contributed by atoms with E-state index in [0.29, 0.717) is 18.1 Å². The zero-order valence-electron chi connectivity index (χ0n) is 13.1. The predicted molar refractivity (Wildman–Crippen MR) is 82.9 cm³/mol. The first kappa shape index (κ1) is 15.3. The normalized spacial score (nSPS) is 34.2. The third-order valence-electron chi connectivity index (χ3n) is 5.67. The molecule has 0 aromatic heterocycles. The van der Waals surface area contributed by atoms with E-state index in [1.807, 2.05) is 0 Å². The molecule has 120 valence electrons. The lowest BCUT2D eigenvalue weighted by molar-refractivity contribution is -0.126. The molecule has 0 bridgehead atoms. The maximum atomic E-state index is 12.1. The third kappa shape index (κ3) is 3.59. The standard InChI is InChI=1S/C17H30N2O2/c18-16(20)17(19-14-8-9-14)11-4-5-13(17)10-12-21-15-6-2-1-3-7-15/h13-15,19H,1-12H2,(H2,18,20). The number of carbonyl (C=O) groups is 1. The molecule has 0 spiro atoms. The van der Waals surface area contributed by atoms with E-state index in [2.05, 4.69) is 5.32 Å². The molecule has 3 aliphatic rings. The molecule has 0 radical (unpaired) electrons. The molecular formula is C17H30N2O2. The van der Waals surface area contributed by atoms with E-state index in [9.17, 15) is 4.79 Å². The molecule has 0 heterocycles. The number of ether oxygens (including phenoxy) is 1. The summed E-state index contributed by atoms with van der Waals surface area (Å²) in [7, 11) is 0. The maximum Gasteiger partial charge on any atom is 0.238 e. The smallest absolute Gasteiger partial charge is 0.238 e. The molecule has 4 nitrogen and oxygen atoms in total. The number of carbonyl (C=O) groups excluding carboxylic acids is 1. The van der Waals surface area contributed by atoms with E-state index in [-0.39, 0.29) is 5.91 Å². The Hall–Kier alpha value is -0.610. The third-order valence-corrected chi connectivity index (χ3v) is 5.67. The molecule has 3 rings (SSSR count). The summed E-state index contributed by atoms with van der Waals surface area (Å²) in [5.74, 6) is 0.216. The van der Waals surface area contributed by atoms with Gasteiger partial charge in [-0.15, -0.1) is 0 Å². The molecule has 21 heavy (non-hydrogen) atoms. The average molecular weight is 294 g/mol. The zero-order chi connectivity index (χ0) is 14.7. The van der Waals surface area contributed by atoms with Crippen molar-refractivity contribution in [1.82, 2.24) is 5.32 Å². The van der Waals surface area contributed by atoms with Gasteiger partial charge in [0.05, 0.1) is 6.10 Å². The minimum atomic E-state index is -0.447. The van der Waals surface area contributed by atoms with E-state index < -0.39 is 5.54 Å². The van der Waals surface area contributed by atoms with Crippen LogP contribution in [0.2, 0.25) is 0 Å². The second kappa shape index (κ2) is 6.66. The lowest BCUT2D eigenvalue weighted by Crippen LogP contribution is -2.58. The number of hydrogen-bond donors (Lipinski definition) is 2. The molecule has 0 saturated heterocycles. The molecule has 0 aromatic carbocycles. The van der Waals surface area contributed by atoms with Crippen LogP contribution in [0.4, 0.5) is 0 Å². The second-order valence-corrected chi connectivity index (χ2v) is 7.26. The van der Waals surface area contributed by atoms with Crippen molar-refractivity contribution in [3.8, 4) is 0 Å². The van der Waals surface area contributed by atoms with Crippen molar-refractivity contribution >= 4 is 5.91 Å². The highest BCUT2D eigenvalue weighted by atomic mass is 16.5. The summed E-state index contributed by atoms with van der Waals surface area (Å²) in [4.78, 5) is 12.1. The Balaban J connectivity index is 1.51. The number of nitrogens with two attached hydrogens (primary N) is 1. The number of nitrogens with one attached hydrogen (secondary N) is 1. The number of rotatable bonds is 7. The monoisotopic (exact) mass is 294 g/mol. The molecule has 1 amide bonds. The Labute approximate surface area is 128 Å². The van der Waals surface area contributed by atoms with Crippen molar-refractivity contribution in [1.29, 1.82) is 0 Å². The first-order valence-electron chi connectivity index (χ1n) is 8.90.